The summed E-state index contributed by atoms with van der Waals surface area (Å²) in [5.41, 5.74) is 0.543. The quantitative estimate of drug-likeness (QED) is 0.772. The standard InChI is InChI=1S/C15H21ClFNO3/c1-10(2)8-21-9-13(19)7-18-15(20)5-11-3-4-12(17)6-14(11)16/h3-4,6,10,13,19H,5,7-9H2,1-2H3,(H,18,20). The van der Waals surface area contributed by atoms with Gasteiger partial charge in [0.2, 0.25) is 5.91 Å². The number of hydrogen-bond acceptors (Lipinski definition) is 3. The van der Waals surface area contributed by atoms with Gasteiger partial charge in [0.1, 0.15) is 5.82 Å². The van der Waals surface area contributed by atoms with E-state index in [1.807, 2.05) is 13.8 Å². The largest absolute Gasteiger partial charge is 0.389 e. The number of ether oxygens (including phenoxy) is 1. The van der Waals surface area contributed by atoms with Crippen molar-refractivity contribution in [2.45, 2.75) is 26.4 Å². The monoisotopic (exact) mass is 317 g/mol. The van der Waals surface area contributed by atoms with Crippen molar-refractivity contribution in [2.24, 2.45) is 5.92 Å². The van der Waals surface area contributed by atoms with Crippen molar-refractivity contribution in [1.29, 1.82) is 0 Å². The van der Waals surface area contributed by atoms with Gasteiger partial charge in [-0.05, 0) is 23.6 Å². The Bertz CT molecular complexity index is 468. The van der Waals surface area contributed by atoms with E-state index in [0.717, 1.165) is 0 Å². The summed E-state index contributed by atoms with van der Waals surface area (Å²) >= 11 is 5.85. The molecule has 2 N–H and O–H groups in total. The maximum atomic E-state index is 12.9. The van der Waals surface area contributed by atoms with Gasteiger partial charge in [0, 0.05) is 18.2 Å². The molecule has 6 heteroatoms. The molecule has 0 aromatic heterocycles. The number of amides is 1. The molecule has 21 heavy (non-hydrogen) atoms. The summed E-state index contributed by atoms with van der Waals surface area (Å²) < 4.78 is 18.2. The number of rotatable bonds is 8. The predicted molar refractivity (Wildman–Crippen MR) is 79.8 cm³/mol. The van der Waals surface area contributed by atoms with Crippen LogP contribution < -0.4 is 5.32 Å². The van der Waals surface area contributed by atoms with Gasteiger partial charge in [0.05, 0.1) is 19.1 Å². The van der Waals surface area contributed by atoms with Crippen LogP contribution in [-0.2, 0) is 16.0 Å². The molecule has 1 rings (SSSR count). The van der Waals surface area contributed by atoms with Crippen molar-refractivity contribution in [3.63, 3.8) is 0 Å². The zero-order valence-corrected chi connectivity index (χ0v) is 13.0. The Morgan fingerprint density at radius 3 is 2.76 bits per heavy atom. The van der Waals surface area contributed by atoms with E-state index < -0.39 is 11.9 Å². The highest BCUT2D eigenvalue weighted by Gasteiger charge is 2.10. The molecule has 0 aliphatic carbocycles. The first-order chi connectivity index (χ1) is 9.88. The topological polar surface area (TPSA) is 58.6 Å². The first-order valence-electron chi connectivity index (χ1n) is 6.85. The lowest BCUT2D eigenvalue weighted by Gasteiger charge is -2.13. The van der Waals surface area contributed by atoms with Gasteiger partial charge < -0.3 is 15.2 Å². The van der Waals surface area contributed by atoms with E-state index in [1.54, 1.807) is 0 Å². The Labute approximate surface area is 129 Å². The number of benzene rings is 1. The van der Waals surface area contributed by atoms with Crippen LogP contribution in [0.4, 0.5) is 4.39 Å². The molecule has 1 atom stereocenters. The molecule has 0 saturated heterocycles. The lowest BCUT2D eigenvalue weighted by molar-refractivity contribution is -0.121. The summed E-state index contributed by atoms with van der Waals surface area (Å²) in [6, 6.07) is 3.89. The summed E-state index contributed by atoms with van der Waals surface area (Å²) in [6.45, 7) is 4.88. The Morgan fingerprint density at radius 2 is 2.14 bits per heavy atom. The number of aliphatic hydroxyl groups is 1. The number of aliphatic hydroxyl groups excluding tert-OH is 1. The molecular formula is C15H21ClFNO3. The molecule has 0 radical (unpaired) electrons. The second-order valence-electron chi connectivity index (χ2n) is 5.30. The van der Waals surface area contributed by atoms with E-state index >= 15 is 0 Å². The fourth-order valence-corrected chi connectivity index (χ4v) is 1.86. The minimum Gasteiger partial charge on any atom is -0.389 e. The second-order valence-corrected chi connectivity index (χ2v) is 5.71. The molecule has 1 unspecified atom stereocenters. The lowest BCUT2D eigenvalue weighted by Crippen LogP contribution is -2.35. The molecule has 1 aromatic rings. The summed E-state index contributed by atoms with van der Waals surface area (Å²) in [5, 5.41) is 12.5. The Balaban J connectivity index is 2.30. The molecule has 0 bridgehead atoms. The van der Waals surface area contributed by atoms with Gasteiger partial charge in [-0.15, -0.1) is 0 Å². The second kappa shape index (κ2) is 8.97. The van der Waals surface area contributed by atoms with Crippen molar-refractivity contribution in [2.75, 3.05) is 19.8 Å². The zero-order chi connectivity index (χ0) is 15.8. The van der Waals surface area contributed by atoms with Crippen LogP contribution in [0.25, 0.3) is 0 Å². The highest BCUT2D eigenvalue weighted by molar-refractivity contribution is 6.31. The van der Waals surface area contributed by atoms with Gasteiger partial charge in [-0.1, -0.05) is 31.5 Å². The molecule has 0 saturated carbocycles. The van der Waals surface area contributed by atoms with Crippen molar-refractivity contribution in [1.82, 2.24) is 5.32 Å². The molecule has 1 amide bonds. The van der Waals surface area contributed by atoms with Crippen LogP contribution in [0.5, 0.6) is 0 Å². The average molecular weight is 318 g/mol. The molecule has 0 spiro atoms. The normalized spacial score (nSPS) is 12.5. The van der Waals surface area contributed by atoms with Crippen LogP contribution in [0.1, 0.15) is 19.4 Å². The van der Waals surface area contributed by atoms with Crippen molar-refractivity contribution < 1.29 is 19.0 Å². The van der Waals surface area contributed by atoms with E-state index in [9.17, 15) is 14.3 Å². The Hall–Kier alpha value is -1.17. The average Bonchev–Trinajstić information content (AvgIpc) is 2.39. The van der Waals surface area contributed by atoms with Gasteiger partial charge in [-0.2, -0.15) is 0 Å². The van der Waals surface area contributed by atoms with Crippen LogP contribution in [-0.4, -0.2) is 36.9 Å². The van der Waals surface area contributed by atoms with E-state index in [-0.39, 0.29) is 30.5 Å². The van der Waals surface area contributed by atoms with Crippen LogP contribution >= 0.6 is 11.6 Å². The Morgan fingerprint density at radius 1 is 1.43 bits per heavy atom. The van der Waals surface area contributed by atoms with Gasteiger partial charge in [0.25, 0.3) is 0 Å². The molecule has 0 aliphatic heterocycles. The van der Waals surface area contributed by atoms with Crippen molar-refractivity contribution in [3.05, 3.63) is 34.6 Å². The smallest absolute Gasteiger partial charge is 0.224 e. The van der Waals surface area contributed by atoms with E-state index in [4.69, 9.17) is 16.3 Å². The van der Waals surface area contributed by atoms with E-state index in [1.165, 1.54) is 18.2 Å². The SMILES string of the molecule is CC(C)COCC(O)CNC(=O)Cc1ccc(F)cc1Cl. The number of halogens is 2. The van der Waals surface area contributed by atoms with Crippen LogP contribution in [0, 0.1) is 11.7 Å². The minimum atomic E-state index is -0.753. The van der Waals surface area contributed by atoms with Crippen molar-refractivity contribution >= 4 is 17.5 Å². The van der Waals surface area contributed by atoms with E-state index in [2.05, 4.69) is 5.32 Å². The van der Waals surface area contributed by atoms with Crippen LogP contribution in [0.2, 0.25) is 5.02 Å². The third-order valence-corrected chi connectivity index (χ3v) is 3.01. The van der Waals surface area contributed by atoms with Crippen LogP contribution in [0.3, 0.4) is 0 Å². The van der Waals surface area contributed by atoms with Gasteiger partial charge in [0.15, 0.2) is 0 Å². The third-order valence-electron chi connectivity index (χ3n) is 2.66. The molecular weight excluding hydrogens is 297 g/mol. The van der Waals surface area contributed by atoms with Gasteiger partial charge in [-0.3, -0.25) is 4.79 Å². The number of nitrogens with one attached hydrogen (secondary N) is 1. The highest BCUT2D eigenvalue weighted by Crippen LogP contribution is 2.17. The lowest BCUT2D eigenvalue weighted by atomic mass is 10.1. The molecule has 0 aliphatic rings. The van der Waals surface area contributed by atoms with Crippen LogP contribution in [0.15, 0.2) is 18.2 Å². The first-order valence-corrected chi connectivity index (χ1v) is 7.22. The fourth-order valence-electron chi connectivity index (χ4n) is 1.63. The number of hydrogen-bond donors (Lipinski definition) is 2. The summed E-state index contributed by atoms with van der Waals surface area (Å²) in [6.07, 6.45) is -0.713. The number of carbonyl (C=O) groups is 1. The zero-order valence-electron chi connectivity index (χ0n) is 12.2. The summed E-state index contributed by atoms with van der Waals surface area (Å²) in [5.74, 6) is -0.333. The van der Waals surface area contributed by atoms with Gasteiger partial charge >= 0.3 is 0 Å². The summed E-state index contributed by atoms with van der Waals surface area (Å²) in [7, 11) is 0. The van der Waals surface area contributed by atoms with Gasteiger partial charge in [-0.25, -0.2) is 4.39 Å². The molecule has 118 valence electrons. The minimum absolute atomic E-state index is 0.0404. The first kappa shape index (κ1) is 17.9. The third kappa shape index (κ3) is 7.41. The molecule has 0 fully saturated rings. The molecule has 1 aromatic carbocycles. The summed E-state index contributed by atoms with van der Waals surface area (Å²) in [4.78, 5) is 11.7. The maximum Gasteiger partial charge on any atom is 0.224 e. The van der Waals surface area contributed by atoms with Crippen molar-refractivity contribution in [3.8, 4) is 0 Å². The predicted octanol–water partition coefficient (Wildman–Crippen LogP) is 2.17. The Kier molecular flexibility index (Phi) is 7.64. The molecule has 0 heterocycles. The highest BCUT2D eigenvalue weighted by atomic mass is 35.5. The fraction of sp³-hybridized carbons (Fsp3) is 0.533. The molecule has 4 nitrogen and oxygen atoms in total. The van der Waals surface area contributed by atoms with E-state index in [0.29, 0.717) is 18.1 Å². The maximum absolute atomic E-state index is 12.9. The number of carbonyl (C=O) groups excluding carboxylic acids is 1.